The van der Waals surface area contributed by atoms with Crippen molar-refractivity contribution in [3.05, 3.63) is 71.3 Å². The largest absolute Gasteiger partial charge is 0.427 e. The van der Waals surface area contributed by atoms with Gasteiger partial charge in [-0.1, -0.05) is 69.3 Å². The van der Waals surface area contributed by atoms with Gasteiger partial charge in [-0.25, -0.2) is 4.99 Å². The average Bonchev–Trinajstić information content (AvgIpc) is 2.93. The minimum Gasteiger partial charge on any atom is -0.427 e. The molecule has 0 aromatic heterocycles. The monoisotopic (exact) mass is 376 g/mol. The van der Waals surface area contributed by atoms with Gasteiger partial charge in [0.05, 0.1) is 17.7 Å². The topological polar surface area (TPSA) is 54.6 Å². The minimum absolute atomic E-state index is 0.127. The highest BCUT2D eigenvalue weighted by Gasteiger charge is 2.47. The van der Waals surface area contributed by atoms with E-state index in [2.05, 4.69) is 40.7 Å². The van der Waals surface area contributed by atoms with Crippen LogP contribution in [0.3, 0.4) is 0 Å². The zero-order valence-electron chi connectivity index (χ0n) is 17.3. The van der Waals surface area contributed by atoms with Crippen LogP contribution in [0.4, 0.5) is 0 Å². The van der Waals surface area contributed by atoms with E-state index < -0.39 is 5.79 Å². The molecule has 0 fully saturated rings. The molecule has 0 spiro atoms. The van der Waals surface area contributed by atoms with Crippen LogP contribution in [0.1, 0.15) is 57.7 Å². The number of rotatable bonds is 5. The lowest BCUT2D eigenvalue weighted by Crippen LogP contribution is -2.30. The Morgan fingerprint density at radius 1 is 1.00 bits per heavy atom. The van der Waals surface area contributed by atoms with Crippen LogP contribution in [0.15, 0.2) is 59.6 Å². The molecule has 2 aromatic carbocycles. The molecule has 0 saturated heterocycles. The van der Waals surface area contributed by atoms with Gasteiger partial charge in [-0.15, -0.1) is 0 Å². The van der Waals surface area contributed by atoms with E-state index in [-0.39, 0.29) is 17.6 Å². The van der Waals surface area contributed by atoms with E-state index in [0.717, 1.165) is 17.5 Å². The average molecular weight is 377 g/mol. The van der Waals surface area contributed by atoms with Gasteiger partial charge in [0, 0.05) is 5.56 Å². The lowest BCUT2D eigenvalue weighted by atomic mass is 9.82. The van der Waals surface area contributed by atoms with E-state index >= 15 is 0 Å². The molecule has 1 aliphatic rings. The van der Waals surface area contributed by atoms with E-state index in [0.29, 0.717) is 11.5 Å². The summed E-state index contributed by atoms with van der Waals surface area (Å²) in [4.78, 5) is 4.90. The first-order valence-electron chi connectivity index (χ1n) is 9.62. The van der Waals surface area contributed by atoms with Gasteiger partial charge in [0.25, 0.3) is 0 Å². The molecule has 1 aliphatic heterocycles. The van der Waals surface area contributed by atoms with Crippen LogP contribution in [0.5, 0.6) is 0 Å². The predicted octanol–water partition coefficient (Wildman–Crippen LogP) is 5.57. The molecule has 1 atom stereocenters. The van der Waals surface area contributed by atoms with Gasteiger partial charge < -0.3 is 9.47 Å². The summed E-state index contributed by atoms with van der Waals surface area (Å²) >= 11 is 0. The maximum absolute atomic E-state index is 9.99. The fraction of sp³-hybridized carbons (Fsp3) is 0.417. The summed E-state index contributed by atoms with van der Waals surface area (Å²) in [5, 5.41) is 9.99. The number of fused-ring (bicyclic) bond motifs is 1. The number of nitrogens with zero attached hydrogens (tertiary/aromatic N) is 2. The molecule has 2 aromatic rings. The van der Waals surface area contributed by atoms with Crippen LogP contribution in [-0.2, 0) is 21.9 Å². The quantitative estimate of drug-likeness (QED) is 0.685. The minimum atomic E-state index is -1.48. The lowest BCUT2D eigenvalue weighted by molar-refractivity contribution is -0.157. The zero-order chi connectivity index (χ0) is 20.4. The van der Waals surface area contributed by atoms with Crippen LogP contribution in [0, 0.1) is 16.7 Å². The molecule has 28 heavy (non-hydrogen) atoms. The Hall–Kier alpha value is -2.64. The Morgan fingerprint density at radius 3 is 2.29 bits per heavy atom. The first kappa shape index (κ1) is 20.1. The third-order valence-electron chi connectivity index (χ3n) is 4.55. The molecule has 146 valence electrons. The summed E-state index contributed by atoms with van der Waals surface area (Å²) in [5.74, 6) is -1.01. The first-order chi connectivity index (χ1) is 13.1. The van der Waals surface area contributed by atoms with Crippen LogP contribution in [0.2, 0.25) is 0 Å². The van der Waals surface area contributed by atoms with Gasteiger partial charge >= 0.3 is 5.79 Å². The summed E-state index contributed by atoms with van der Waals surface area (Å²) in [6.45, 7) is 11.0. The second kappa shape index (κ2) is 7.41. The van der Waals surface area contributed by atoms with Crippen molar-refractivity contribution in [2.24, 2.45) is 10.4 Å². The fourth-order valence-corrected chi connectivity index (χ4v) is 3.88. The number of hydrogen-bond acceptors (Lipinski definition) is 4. The number of hydrogen-bond donors (Lipinski definition) is 0. The standard InChI is InChI=1S/C24H28N2O2/c1-22(2,3)16-23(4,5)26-21-19-13-9-10-14-20(19)24(17-25,28-21)27-15-18-11-7-6-8-12-18/h6-14H,15-16H2,1-5H3. The molecular weight excluding hydrogens is 348 g/mol. The highest BCUT2D eigenvalue weighted by Crippen LogP contribution is 2.40. The smallest absolute Gasteiger partial charge is 0.330 e. The number of aliphatic imine (C=N–C) groups is 1. The third-order valence-corrected chi connectivity index (χ3v) is 4.55. The van der Waals surface area contributed by atoms with Crippen molar-refractivity contribution in [3.63, 3.8) is 0 Å². The van der Waals surface area contributed by atoms with Crippen molar-refractivity contribution in [1.29, 1.82) is 5.26 Å². The number of ether oxygens (including phenoxy) is 2. The fourth-order valence-electron chi connectivity index (χ4n) is 3.88. The highest BCUT2D eigenvalue weighted by atomic mass is 16.7. The van der Waals surface area contributed by atoms with E-state index in [1.165, 1.54) is 0 Å². The molecule has 4 heteroatoms. The van der Waals surface area contributed by atoms with E-state index in [9.17, 15) is 5.26 Å². The molecule has 0 saturated carbocycles. The van der Waals surface area contributed by atoms with Gasteiger partial charge in [0.15, 0.2) is 0 Å². The Balaban J connectivity index is 1.94. The van der Waals surface area contributed by atoms with E-state index in [4.69, 9.17) is 14.5 Å². The molecule has 0 radical (unpaired) electrons. The van der Waals surface area contributed by atoms with Gasteiger partial charge in [-0.2, -0.15) is 5.26 Å². The molecular formula is C24H28N2O2. The van der Waals surface area contributed by atoms with Crippen molar-refractivity contribution in [2.45, 2.75) is 59.0 Å². The van der Waals surface area contributed by atoms with Crippen LogP contribution < -0.4 is 0 Å². The second-order valence-corrected chi connectivity index (χ2v) is 9.12. The maximum Gasteiger partial charge on any atom is 0.330 e. The van der Waals surface area contributed by atoms with Crippen LogP contribution >= 0.6 is 0 Å². The molecule has 1 heterocycles. The zero-order valence-corrected chi connectivity index (χ0v) is 17.3. The maximum atomic E-state index is 9.99. The molecule has 0 N–H and O–H groups in total. The Morgan fingerprint density at radius 2 is 1.64 bits per heavy atom. The first-order valence-corrected chi connectivity index (χ1v) is 9.62. The predicted molar refractivity (Wildman–Crippen MR) is 111 cm³/mol. The summed E-state index contributed by atoms with van der Waals surface area (Å²) in [7, 11) is 0. The summed E-state index contributed by atoms with van der Waals surface area (Å²) in [6, 6.07) is 19.7. The van der Waals surface area contributed by atoms with Crippen molar-refractivity contribution in [1.82, 2.24) is 0 Å². The Labute approximate surface area is 167 Å². The Bertz CT molecular complexity index is 904. The highest BCUT2D eigenvalue weighted by molar-refractivity contribution is 5.99. The molecule has 1 unspecified atom stereocenters. The normalized spacial score (nSPS) is 20.5. The van der Waals surface area contributed by atoms with Crippen molar-refractivity contribution >= 4 is 5.90 Å². The SMILES string of the molecule is CC(C)(C)CC(C)(C)N=C1OC(C#N)(OCc2ccccc2)c2ccccc21. The van der Waals surface area contributed by atoms with Crippen molar-refractivity contribution < 1.29 is 9.47 Å². The van der Waals surface area contributed by atoms with E-state index in [1.54, 1.807) is 0 Å². The van der Waals surface area contributed by atoms with Crippen LogP contribution in [0.25, 0.3) is 0 Å². The molecule has 0 amide bonds. The molecule has 4 nitrogen and oxygen atoms in total. The molecule has 0 aliphatic carbocycles. The van der Waals surface area contributed by atoms with Gasteiger partial charge in [-0.3, -0.25) is 0 Å². The van der Waals surface area contributed by atoms with Crippen molar-refractivity contribution in [3.8, 4) is 6.07 Å². The summed E-state index contributed by atoms with van der Waals surface area (Å²) in [6.07, 6.45) is 0.888. The molecule has 0 bridgehead atoms. The van der Waals surface area contributed by atoms with Gasteiger partial charge in [0.1, 0.15) is 6.07 Å². The van der Waals surface area contributed by atoms with E-state index in [1.807, 2.05) is 54.6 Å². The van der Waals surface area contributed by atoms with Crippen molar-refractivity contribution in [2.75, 3.05) is 0 Å². The van der Waals surface area contributed by atoms with Gasteiger partial charge in [0.2, 0.25) is 5.90 Å². The third kappa shape index (κ3) is 4.43. The Kier molecular flexibility index (Phi) is 5.32. The number of benzene rings is 2. The van der Waals surface area contributed by atoms with Crippen LogP contribution in [-0.4, -0.2) is 11.4 Å². The lowest BCUT2D eigenvalue weighted by Gasteiger charge is -2.29. The molecule has 3 rings (SSSR count). The number of nitriles is 1. The van der Waals surface area contributed by atoms with Gasteiger partial charge in [-0.05, 0) is 37.3 Å². The summed E-state index contributed by atoms with van der Waals surface area (Å²) < 4.78 is 12.1. The summed E-state index contributed by atoms with van der Waals surface area (Å²) in [5.41, 5.74) is 2.31. The second-order valence-electron chi connectivity index (χ2n) is 9.12.